The zero-order valence-electron chi connectivity index (χ0n) is 6.22. The monoisotopic (exact) mass is 122 g/mol. The number of allylic oxidation sites excluding steroid dienone is 5. The highest BCUT2D eigenvalue weighted by Crippen LogP contribution is 1.95. The van der Waals surface area contributed by atoms with Crippen LogP contribution in [0.5, 0.6) is 0 Å². The van der Waals surface area contributed by atoms with E-state index < -0.39 is 0 Å². The molecule has 50 valence electrons. The van der Waals surface area contributed by atoms with E-state index in [0.717, 1.165) is 6.42 Å². The standard InChI is InChI=1S/C9H14/c1-4-6-8-9(3)7-5-2/h5-8H,2,4H2,1,3H3. The first-order valence-electron chi connectivity index (χ1n) is 3.27. The van der Waals surface area contributed by atoms with Crippen LogP contribution in [-0.4, -0.2) is 0 Å². The maximum atomic E-state index is 3.60. The third kappa shape index (κ3) is 5.09. The van der Waals surface area contributed by atoms with Gasteiger partial charge in [0.25, 0.3) is 0 Å². The molecular formula is C9H14. The van der Waals surface area contributed by atoms with Crippen molar-refractivity contribution >= 4 is 0 Å². The van der Waals surface area contributed by atoms with Crippen LogP contribution in [0.15, 0.2) is 36.5 Å². The predicted molar refractivity (Wildman–Crippen MR) is 43.4 cm³/mol. The van der Waals surface area contributed by atoms with Crippen molar-refractivity contribution in [2.45, 2.75) is 20.3 Å². The van der Waals surface area contributed by atoms with Crippen molar-refractivity contribution in [3.8, 4) is 0 Å². The Morgan fingerprint density at radius 2 is 2.22 bits per heavy atom. The van der Waals surface area contributed by atoms with Gasteiger partial charge in [0.15, 0.2) is 0 Å². The Labute approximate surface area is 57.6 Å². The van der Waals surface area contributed by atoms with E-state index in [0.29, 0.717) is 0 Å². The fourth-order valence-corrected chi connectivity index (χ4v) is 0.545. The summed E-state index contributed by atoms with van der Waals surface area (Å²) in [5, 5.41) is 0. The molecule has 0 aromatic carbocycles. The molecule has 0 aromatic heterocycles. The number of hydrogen-bond acceptors (Lipinski definition) is 0. The highest BCUT2D eigenvalue weighted by Gasteiger charge is 1.73. The zero-order valence-corrected chi connectivity index (χ0v) is 6.22. The highest BCUT2D eigenvalue weighted by molar-refractivity contribution is 5.20. The first-order chi connectivity index (χ1) is 4.31. The van der Waals surface area contributed by atoms with Gasteiger partial charge in [-0.15, -0.1) is 0 Å². The molecule has 0 nitrogen and oxygen atoms in total. The molecule has 0 saturated heterocycles. The van der Waals surface area contributed by atoms with E-state index in [1.165, 1.54) is 5.57 Å². The van der Waals surface area contributed by atoms with E-state index in [2.05, 4.69) is 32.6 Å². The fourth-order valence-electron chi connectivity index (χ4n) is 0.545. The molecular weight excluding hydrogens is 108 g/mol. The zero-order chi connectivity index (χ0) is 7.11. The van der Waals surface area contributed by atoms with Crippen molar-refractivity contribution in [2.24, 2.45) is 0 Å². The minimum Gasteiger partial charge on any atom is -0.0991 e. The molecule has 0 aliphatic heterocycles. The van der Waals surface area contributed by atoms with E-state index in [4.69, 9.17) is 0 Å². The van der Waals surface area contributed by atoms with E-state index in [1.807, 2.05) is 6.08 Å². The van der Waals surface area contributed by atoms with E-state index >= 15 is 0 Å². The van der Waals surface area contributed by atoms with Crippen LogP contribution < -0.4 is 0 Å². The molecule has 0 rings (SSSR count). The summed E-state index contributed by atoms with van der Waals surface area (Å²) in [5.74, 6) is 0. The van der Waals surface area contributed by atoms with Crippen molar-refractivity contribution in [3.63, 3.8) is 0 Å². The molecule has 0 aromatic rings. The molecule has 0 spiro atoms. The highest BCUT2D eigenvalue weighted by atomic mass is 13.8. The molecule has 0 bridgehead atoms. The van der Waals surface area contributed by atoms with Crippen molar-refractivity contribution in [1.82, 2.24) is 0 Å². The molecule has 0 radical (unpaired) electrons. The average Bonchev–Trinajstić information content (AvgIpc) is 1.85. The van der Waals surface area contributed by atoms with E-state index in [9.17, 15) is 0 Å². The molecule has 0 fully saturated rings. The third-order valence-corrected chi connectivity index (χ3v) is 0.997. The van der Waals surface area contributed by atoms with Gasteiger partial charge in [-0.25, -0.2) is 0 Å². The Morgan fingerprint density at radius 3 is 2.67 bits per heavy atom. The van der Waals surface area contributed by atoms with Gasteiger partial charge in [0.2, 0.25) is 0 Å². The molecule has 0 aliphatic carbocycles. The lowest BCUT2D eigenvalue weighted by Gasteiger charge is -1.84. The van der Waals surface area contributed by atoms with Gasteiger partial charge in [-0.05, 0) is 13.3 Å². The van der Waals surface area contributed by atoms with Crippen LogP contribution >= 0.6 is 0 Å². The van der Waals surface area contributed by atoms with Crippen molar-refractivity contribution < 1.29 is 0 Å². The lowest BCUT2D eigenvalue weighted by Crippen LogP contribution is -1.63. The summed E-state index contributed by atoms with van der Waals surface area (Å²) in [6.45, 7) is 7.78. The maximum absolute atomic E-state index is 3.60. The van der Waals surface area contributed by atoms with Crippen LogP contribution in [-0.2, 0) is 0 Å². The molecule has 0 heteroatoms. The Bertz CT molecular complexity index is 127. The van der Waals surface area contributed by atoms with Crippen LogP contribution in [0.1, 0.15) is 20.3 Å². The summed E-state index contributed by atoms with van der Waals surface area (Å²) in [6, 6.07) is 0. The first kappa shape index (κ1) is 8.22. The smallest absolute Gasteiger partial charge is 0.0376 e. The van der Waals surface area contributed by atoms with Gasteiger partial charge >= 0.3 is 0 Å². The molecule has 0 heterocycles. The second-order valence-electron chi connectivity index (χ2n) is 1.96. The van der Waals surface area contributed by atoms with E-state index in [1.54, 1.807) is 6.08 Å². The maximum Gasteiger partial charge on any atom is -0.0376 e. The Morgan fingerprint density at radius 1 is 1.56 bits per heavy atom. The predicted octanol–water partition coefficient (Wildman–Crippen LogP) is 3.08. The van der Waals surface area contributed by atoms with Gasteiger partial charge in [0.05, 0.1) is 0 Å². The number of rotatable bonds is 3. The summed E-state index contributed by atoms with van der Waals surface area (Å²) in [6.07, 6.45) is 9.13. The SMILES string of the molecule is C=CC=C(C)C=CCC. The topological polar surface area (TPSA) is 0 Å². The fraction of sp³-hybridized carbons (Fsp3) is 0.333. The van der Waals surface area contributed by atoms with Gasteiger partial charge in [-0.1, -0.05) is 43.4 Å². The summed E-state index contributed by atoms with van der Waals surface area (Å²) < 4.78 is 0. The average molecular weight is 122 g/mol. The van der Waals surface area contributed by atoms with E-state index in [-0.39, 0.29) is 0 Å². The lowest BCUT2D eigenvalue weighted by molar-refractivity contribution is 1.22. The molecule has 9 heavy (non-hydrogen) atoms. The Balaban J connectivity index is 3.74. The lowest BCUT2D eigenvalue weighted by atomic mass is 10.2. The minimum absolute atomic E-state index is 1.10. The summed E-state index contributed by atoms with van der Waals surface area (Å²) in [7, 11) is 0. The Kier molecular flexibility index (Phi) is 4.89. The second-order valence-corrected chi connectivity index (χ2v) is 1.96. The van der Waals surface area contributed by atoms with Gasteiger partial charge in [-0.2, -0.15) is 0 Å². The van der Waals surface area contributed by atoms with Crippen LogP contribution in [0, 0.1) is 0 Å². The van der Waals surface area contributed by atoms with Crippen molar-refractivity contribution in [3.05, 3.63) is 36.5 Å². The van der Waals surface area contributed by atoms with Gasteiger partial charge < -0.3 is 0 Å². The van der Waals surface area contributed by atoms with Gasteiger partial charge in [0, 0.05) is 0 Å². The van der Waals surface area contributed by atoms with Crippen LogP contribution in [0.4, 0.5) is 0 Å². The van der Waals surface area contributed by atoms with Crippen molar-refractivity contribution in [2.75, 3.05) is 0 Å². The molecule has 0 amide bonds. The second kappa shape index (κ2) is 5.36. The number of hydrogen-bond donors (Lipinski definition) is 0. The summed E-state index contributed by atoms with van der Waals surface area (Å²) >= 11 is 0. The Hall–Kier alpha value is -0.780. The quantitative estimate of drug-likeness (QED) is 0.504. The van der Waals surface area contributed by atoms with Crippen molar-refractivity contribution in [1.29, 1.82) is 0 Å². The molecule has 0 N–H and O–H groups in total. The third-order valence-electron chi connectivity index (χ3n) is 0.997. The largest absolute Gasteiger partial charge is 0.0991 e. The molecule has 0 saturated carbocycles. The normalized spacial score (nSPS) is 12.4. The van der Waals surface area contributed by atoms with Crippen LogP contribution in [0.25, 0.3) is 0 Å². The summed E-state index contributed by atoms with van der Waals surface area (Å²) in [5.41, 5.74) is 1.26. The first-order valence-corrected chi connectivity index (χ1v) is 3.27. The summed E-state index contributed by atoms with van der Waals surface area (Å²) in [4.78, 5) is 0. The van der Waals surface area contributed by atoms with Gasteiger partial charge in [-0.3, -0.25) is 0 Å². The minimum atomic E-state index is 1.10. The van der Waals surface area contributed by atoms with Gasteiger partial charge in [0.1, 0.15) is 0 Å². The molecule has 0 atom stereocenters. The molecule has 0 unspecified atom stereocenters. The van der Waals surface area contributed by atoms with Crippen LogP contribution in [0.2, 0.25) is 0 Å². The molecule has 0 aliphatic rings. The van der Waals surface area contributed by atoms with Crippen LogP contribution in [0.3, 0.4) is 0 Å².